The molecule has 7 heteroatoms. The molecule has 1 aliphatic carbocycles. The maximum Gasteiger partial charge on any atom is 0.527 e. The molecule has 2 atom stereocenters. The fourth-order valence-electron chi connectivity index (χ4n) is 2.09. The van der Waals surface area contributed by atoms with E-state index in [-0.39, 0.29) is 23.8 Å². The zero-order valence-electron chi connectivity index (χ0n) is 11.3. The van der Waals surface area contributed by atoms with Crippen LogP contribution in [0.2, 0.25) is 0 Å². The minimum atomic E-state index is -4.27. The Morgan fingerprint density at radius 2 is 2.19 bits per heavy atom. The summed E-state index contributed by atoms with van der Waals surface area (Å²) < 4.78 is 21.9. The smallest absolute Gasteiger partial charge is 0.403 e. The number of carbonyl (C=O) groups excluding carboxylic acids is 1. The van der Waals surface area contributed by atoms with Crippen molar-refractivity contribution in [3.8, 4) is 5.75 Å². The Kier molecular flexibility index (Phi) is 5.65. The molecular formula is C14H17O5PS. The van der Waals surface area contributed by atoms with Gasteiger partial charge in [-0.15, -0.1) is 12.6 Å². The summed E-state index contributed by atoms with van der Waals surface area (Å²) in [5.74, 6) is 0.104. The molecule has 0 bridgehead atoms. The number of phosphoric ester groups is 1. The molecule has 1 aliphatic rings. The molecule has 2 rings (SSSR count). The second-order valence-corrected chi connectivity index (χ2v) is 6.56. The summed E-state index contributed by atoms with van der Waals surface area (Å²) in [5, 5.41) is -0.541. The van der Waals surface area contributed by atoms with E-state index < -0.39 is 12.9 Å². The molecule has 5 nitrogen and oxygen atoms in total. The van der Waals surface area contributed by atoms with Gasteiger partial charge in [-0.3, -0.25) is 14.2 Å². The Hall–Kier alpha value is -1.07. The van der Waals surface area contributed by atoms with E-state index in [1.54, 1.807) is 12.1 Å². The predicted molar refractivity (Wildman–Crippen MR) is 82.6 cm³/mol. The lowest BCUT2D eigenvalue weighted by atomic mass is 9.97. The lowest BCUT2D eigenvalue weighted by molar-refractivity contribution is 0.108. The molecule has 0 aliphatic heterocycles. The van der Waals surface area contributed by atoms with Crippen LogP contribution < -0.4 is 4.52 Å². The number of thiol groups is 1. The monoisotopic (exact) mass is 328 g/mol. The molecule has 0 aromatic heterocycles. The van der Waals surface area contributed by atoms with Gasteiger partial charge < -0.3 is 4.52 Å². The maximum absolute atomic E-state index is 12.0. The largest absolute Gasteiger partial charge is 0.527 e. The molecule has 1 N–H and O–H groups in total. The van der Waals surface area contributed by atoms with Crippen molar-refractivity contribution in [2.45, 2.75) is 19.3 Å². The minimum Gasteiger partial charge on any atom is -0.403 e. The topological polar surface area (TPSA) is 72.8 Å². The standard InChI is InChI=1S/C14H17O5PS/c15-14(21)12-8-4-5-9-13(12)19-20(16,17)18-10-11-6-2-1-3-7-11/h2,4-6,8-9,11H,1,3,7,10H2,(H,15,21)(H,16,17)/t11-/m0/s1. The molecule has 0 saturated carbocycles. The first-order chi connectivity index (χ1) is 9.98. The van der Waals surface area contributed by atoms with Gasteiger partial charge in [0.2, 0.25) is 5.12 Å². The van der Waals surface area contributed by atoms with Gasteiger partial charge in [0.05, 0.1) is 12.2 Å². The fraction of sp³-hybridized carbons (Fsp3) is 0.357. The van der Waals surface area contributed by atoms with Crippen molar-refractivity contribution >= 4 is 25.6 Å². The van der Waals surface area contributed by atoms with Gasteiger partial charge >= 0.3 is 7.82 Å². The average Bonchev–Trinajstić information content (AvgIpc) is 2.46. The molecule has 1 unspecified atom stereocenters. The number of phosphoric acid groups is 1. The Morgan fingerprint density at radius 1 is 1.43 bits per heavy atom. The third kappa shape index (κ3) is 5.00. The van der Waals surface area contributed by atoms with Gasteiger partial charge in [-0.2, -0.15) is 0 Å². The molecule has 0 heterocycles. The van der Waals surface area contributed by atoms with E-state index in [4.69, 9.17) is 9.05 Å². The second-order valence-electron chi connectivity index (χ2n) is 4.78. The second kappa shape index (κ2) is 7.27. The summed E-state index contributed by atoms with van der Waals surface area (Å²) in [6.45, 7) is 0.112. The molecule has 0 amide bonds. The Labute approximate surface area is 129 Å². The van der Waals surface area contributed by atoms with Crippen LogP contribution in [0.1, 0.15) is 29.6 Å². The summed E-state index contributed by atoms with van der Waals surface area (Å²) in [5.41, 5.74) is 0.122. The van der Waals surface area contributed by atoms with E-state index in [1.807, 2.05) is 12.2 Å². The number of para-hydroxylation sites is 1. The van der Waals surface area contributed by atoms with Gasteiger partial charge in [-0.25, -0.2) is 4.57 Å². The SMILES string of the molecule is O=C(S)c1ccccc1OP(=O)(O)OC[C@H]1C=CCCC1. The van der Waals surface area contributed by atoms with Crippen LogP contribution in [-0.4, -0.2) is 16.6 Å². The van der Waals surface area contributed by atoms with Crippen LogP contribution in [0.5, 0.6) is 5.75 Å². The van der Waals surface area contributed by atoms with E-state index in [9.17, 15) is 14.3 Å². The van der Waals surface area contributed by atoms with E-state index in [0.717, 1.165) is 19.3 Å². The van der Waals surface area contributed by atoms with Crippen LogP contribution in [0.4, 0.5) is 0 Å². The minimum absolute atomic E-state index is 0.0116. The number of hydrogen-bond acceptors (Lipinski definition) is 4. The summed E-state index contributed by atoms with van der Waals surface area (Å²) >= 11 is 3.70. The highest BCUT2D eigenvalue weighted by atomic mass is 32.1. The highest BCUT2D eigenvalue weighted by Gasteiger charge is 2.26. The number of hydrogen-bond donors (Lipinski definition) is 2. The van der Waals surface area contributed by atoms with Crippen molar-refractivity contribution in [2.75, 3.05) is 6.61 Å². The fourth-order valence-corrected chi connectivity index (χ4v) is 3.11. The average molecular weight is 328 g/mol. The van der Waals surface area contributed by atoms with Crippen molar-refractivity contribution in [2.24, 2.45) is 5.92 Å². The first kappa shape index (κ1) is 16.3. The molecular weight excluding hydrogens is 311 g/mol. The molecule has 1 aromatic rings. The van der Waals surface area contributed by atoms with Crippen LogP contribution in [0.15, 0.2) is 36.4 Å². The van der Waals surface area contributed by atoms with E-state index in [1.165, 1.54) is 12.1 Å². The van der Waals surface area contributed by atoms with Crippen molar-refractivity contribution in [1.82, 2.24) is 0 Å². The first-order valence-corrected chi connectivity index (χ1v) is 8.58. The van der Waals surface area contributed by atoms with Crippen LogP contribution in [0.3, 0.4) is 0 Å². The van der Waals surface area contributed by atoms with Gasteiger partial charge in [-0.05, 0) is 31.4 Å². The van der Waals surface area contributed by atoms with Crippen molar-refractivity contribution in [1.29, 1.82) is 0 Å². The van der Waals surface area contributed by atoms with Crippen molar-refractivity contribution in [3.63, 3.8) is 0 Å². The summed E-state index contributed by atoms with van der Waals surface area (Å²) in [6.07, 6.45) is 7.01. The lowest BCUT2D eigenvalue weighted by Gasteiger charge is -2.19. The van der Waals surface area contributed by atoms with Gasteiger partial charge in [-0.1, -0.05) is 24.3 Å². The highest BCUT2D eigenvalue weighted by Crippen LogP contribution is 2.45. The number of rotatable bonds is 6. The molecule has 114 valence electrons. The maximum atomic E-state index is 12.0. The molecule has 1 aromatic carbocycles. The zero-order valence-corrected chi connectivity index (χ0v) is 13.1. The van der Waals surface area contributed by atoms with Gasteiger partial charge in [0.25, 0.3) is 0 Å². The normalized spacial score (nSPS) is 20.8. The van der Waals surface area contributed by atoms with Crippen LogP contribution in [0, 0.1) is 5.92 Å². The van der Waals surface area contributed by atoms with Gasteiger partial charge in [0, 0.05) is 5.92 Å². The molecule has 0 fully saturated rings. The highest BCUT2D eigenvalue weighted by molar-refractivity contribution is 7.97. The lowest BCUT2D eigenvalue weighted by Crippen LogP contribution is -2.10. The molecule has 21 heavy (non-hydrogen) atoms. The summed E-state index contributed by atoms with van der Waals surface area (Å²) in [4.78, 5) is 21.1. The predicted octanol–water partition coefficient (Wildman–Crippen LogP) is 3.61. The van der Waals surface area contributed by atoms with E-state index in [0.29, 0.717) is 0 Å². The van der Waals surface area contributed by atoms with Gasteiger partial charge in [0.1, 0.15) is 5.75 Å². The molecule has 0 saturated heterocycles. The number of benzene rings is 1. The Morgan fingerprint density at radius 3 is 2.86 bits per heavy atom. The Balaban J connectivity index is 2.00. The van der Waals surface area contributed by atoms with Crippen LogP contribution in [0.25, 0.3) is 0 Å². The molecule has 0 spiro atoms. The summed E-state index contributed by atoms with van der Waals surface area (Å²) in [7, 11) is -4.27. The number of allylic oxidation sites excluding steroid dienone is 1. The molecule has 0 radical (unpaired) electrons. The third-order valence-corrected chi connectivity index (χ3v) is 4.28. The van der Waals surface area contributed by atoms with E-state index in [2.05, 4.69) is 12.6 Å². The quantitative estimate of drug-likeness (QED) is 0.474. The Bertz CT molecular complexity index is 586. The van der Waals surface area contributed by atoms with Crippen LogP contribution >= 0.6 is 20.5 Å². The van der Waals surface area contributed by atoms with Crippen LogP contribution in [-0.2, 0) is 9.09 Å². The van der Waals surface area contributed by atoms with Crippen molar-refractivity contribution in [3.05, 3.63) is 42.0 Å². The van der Waals surface area contributed by atoms with Gasteiger partial charge in [0.15, 0.2) is 0 Å². The van der Waals surface area contributed by atoms with Crippen molar-refractivity contribution < 1.29 is 23.3 Å². The summed E-state index contributed by atoms with van der Waals surface area (Å²) in [6, 6.07) is 6.11. The van der Waals surface area contributed by atoms with E-state index >= 15 is 0 Å². The zero-order chi connectivity index (χ0) is 15.3. The number of carbonyl (C=O) groups is 1. The first-order valence-electron chi connectivity index (χ1n) is 6.64. The third-order valence-electron chi connectivity index (χ3n) is 3.14.